The third kappa shape index (κ3) is 3.60. The number of benzene rings is 2. The monoisotopic (exact) mass is 379 g/mol. The molecule has 7 heteroatoms. The second kappa shape index (κ2) is 6.94. The Labute approximate surface area is 157 Å². The second-order valence-electron chi connectivity index (χ2n) is 6.23. The summed E-state index contributed by atoms with van der Waals surface area (Å²) >= 11 is 0. The van der Waals surface area contributed by atoms with Crippen molar-refractivity contribution < 1.29 is 13.0 Å². The van der Waals surface area contributed by atoms with Crippen LogP contribution in [0.3, 0.4) is 0 Å². The molecule has 1 aliphatic heterocycles. The van der Waals surface area contributed by atoms with Crippen molar-refractivity contribution in [3.8, 4) is 0 Å². The topological polar surface area (TPSA) is 82.9 Å². The van der Waals surface area contributed by atoms with Gasteiger partial charge in [0.25, 0.3) is 10.1 Å². The molecule has 136 valence electrons. The molecule has 0 fully saturated rings. The second-order valence-corrected chi connectivity index (χ2v) is 7.65. The van der Waals surface area contributed by atoms with Gasteiger partial charge in [-0.15, -0.1) is 0 Å². The van der Waals surface area contributed by atoms with Gasteiger partial charge in [0.1, 0.15) is 0 Å². The van der Waals surface area contributed by atoms with Crippen molar-refractivity contribution in [2.75, 3.05) is 5.01 Å². The molecule has 0 saturated carbocycles. The third-order valence-electron chi connectivity index (χ3n) is 4.49. The highest BCUT2D eigenvalue weighted by Crippen LogP contribution is 2.36. The number of hydrazone groups is 1. The summed E-state index contributed by atoms with van der Waals surface area (Å²) in [6, 6.07) is 19.8. The summed E-state index contributed by atoms with van der Waals surface area (Å²) in [4.78, 5) is 4.07. The van der Waals surface area contributed by atoms with Crippen LogP contribution in [0.2, 0.25) is 0 Å². The van der Waals surface area contributed by atoms with E-state index in [9.17, 15) is 13.0 Å². The number of hydrogen-bond donors (Lipinski definition) is 1. The Balaban J connectivity index is 1.74. The van der Waals surface area contributed by atoms with Crippen LogP contribution < -0.4 is 5.01 Å². The van der Waals surface area contributed by atoms with Crippen LogP contribution >= 0.6 is 0 Å². The minimum Gasteiger partial charge on any atom is -0.282 e. The number of pyridine rings is 1. The van der Waals surface area contributed by atoms with Crippen LogP contribution in [0.4, 0.5) is 5.69 Å². The first-order valence-electron chi connectivity index (χ1n) is 8.42. The third-order valence-corrected chi connectivity index (χ3v) is 5.35. The molecule has 1 atom stereocenters. The molecular formula is C20H17N3O3S. The van der Waals surface area contributed by atoms with E-state index in [0.717, 1.165) is 22.5 Å². The van der Waals surface area contributed by atoms with E-state index < -0.39 is 10.1 Å². The molecule has 4 rings (SSSR count). The van der Waals surface area contributed by atoms with Crippen molar-refractivity contribution in [3.05, 3.63) is 90.3 Å². The van der Waals surface area contributed by atoms with Crippen LogP contribution in [-0.4, -0.2) is 23.7 Å². The Kier molecular flexibility index (Phi) is 4.47. The van der Waals surface area contributed by atoms with Gasteiger partial charge in [-0.3, -0.25) is 14.5 Å². The summed E-state index contributed by atoms with van der Waals surface area (Å²) in [6.45, 7) is 0. The maximum Gasteiger partial charge on any atom is 0.294 e. The lowest BCUT2D eigenvalue weighted by Crippen LogP contribution is -2.18. The van der Waals surface area contributed by atoms with Crippen LogP contribution in [-0.2, 0) is 10.1 Å². The average Bonchev–Trinajstić information content (AvgIpc) is 3.14. The van der Waals surface area contributed by atoms with Crippen LogP contribution in [0.5, 0.6) is 0 Å². The molecule has 0 aliphatic carbocycles. The molecule has 3 aromatic rings. The van der Waals surface area contributed by atoms with Crippen molar-refractivity contribution >= 4 is 21.5 Å². The van der Waals surface area contributed by atoms with E-state index in [4.69, 9.17) is 5.10 Å². The molecule has 0 amide bonds. The molecule has 1 unspecified atom stereocenters. The van der Waals surface area contributed by atoms with Crippen molar-refractivity contribution in [2.45, 2.75) is 17.4 Å². The summed E-state index contributed by atoms with van der Waals surface area (Å²) < 4.78 is 31.8. The Morgan fingerprint density at radius 3 is 2.33 bits per heavy atom. The molecule has 0 radical (unpaired) electrons. The Hall–Kier alpha value is -3.03. The minimum atomic E-state index is -4.23. The smallest absolute Gasteiger partial charge is 0.282 e. The predicted octanol–water partition coefficient (Wildman–Crippen LogP) is 3.68. The van der Waals surface area contributed by atoms with Gasteiger partial charge in [-0.25, -0.2) is 0 Å². The summed E-state index contributed by atoms with van der Waals surface area (Å²) in [5, 5.41) is 6.66. The summed E-state index contributed by atoms with van der Waals surface area (Å²) in [6.07, 6.45) is 4.24. The number of nitrogens with zero attached hydrogens (tertiary/aromatic N) is 3. The first-order valence-corrected chi connectivity index (χ1v) is 9.86. The molecule has 27 heavy (non-hydrogen) atoms. The Morgan fingerprint density at radius 1 is 0.963 bits per heavy atom. The van der Waals surface area contributed by atoms with E-state index in [0.29, 0.717) is 6.42 Å². The first-order chi connectivity index (χ1) is 13.0. The molecule has 6 nitrogen and oxygen atoms in total. The van der Waals surface area contributed by atoms with Crippen LogP contribution in [0.1, 0.15) is 23.6 Å². The number of aromatic nitrogens is 1. The van der Waals surface area contributed by atoms with Gasteiger partial charge in [0.05, 0.1) is 22.3 Å². The van der Waals surface area contributed by atoms with E-state index in [2.05, 4.69) is 4.98 Å². The highest BCUT2D eigenvalue weighted by molar-refractivity contribution is 7.85. The van der Waals surface area contributed by atoms with Gasteiger partial charge in [-0.1, -0.05) is 36.4 Å². The zero-order valence-electron chi connectivity index (χ0n) is 14.3. The summed E-state index contributed by atoms with van der Waals surface area (Å²) in [5.74, 6) is 0. The number of rotatable bonds is 4. The molecular weight excluding hydrogens is 362 g/mol. The van der Waals surface area contributed by atoms with Gasteiger partial charge < -0.3 is 0 Å². The van der Waals surface area contributed by atoms with E-state index in [1.54, 1.807) is 18.3 Å². The average molecular weight is 379 g/mol. The standard InChI is InChI=1S/C20H17N3O3S/c24-27(25,26)18-10-8-17(9-11-18)23-20(16-7-4-12-21-14-16)13-19(22-23)15-5-2-1-3-6-15/h1-12,14,20H,13H2,(H,24,25,26). The molecule has 2 heterocycles. The molecule has 2 aromatic carbocycles. The fourth-order valence-electron chi connectivity index (χ4n) is 3.16. The number of hydrogen-bond acceptors (Lipinski definition) is 5. The van der Waals surface area contributed by atoms with Crippen molar-refractivity contribution in [3.63, 3.8) is 0 Å². The molecule has 0 spiro atoms. The SMILES string of the molecule is O=S(=O)(O)c1ccc(N2N=C(c3ccccc3)CC2c2cccnc2)cc1. The van der Waals surface area contributed by atoms with Crippen LogP contribution in [0, 0.1) is 0 Å². The van der Waals surface area contributed by atoms with Crippen molar-refractivity contribution in [1.29, 1.82) is 0 Å². The van der Waals surface area contributed by atoms with Crippen molar-refractivity contribution in [2.24, 2.45) is 5.10 Å². The Morgan fingerprint density at radius 2 is 1.70 bits per heavy atom. The normalized spacial score (nSPS) is 17.0. The van der Waals surface area contributed by atoms with E-state index in [1.165, 1.54) is 12.1 Å². The molecule has 0 bridgehead atoms. The zero-order valence-corrected chi connectivity index (χ0v) is 15.1. The molecule has 1 N–H and O–H groups in total. The summed E-state index contributed by atoms with van der Waals surface area (Å²) in [7, 11) is -4.23. The van der Waals surface area contributed by atoms with Crippen LogP contribution in [0.15, 0.2) is 89.1 Å². The fourth-order valence-corrected chi connectivity index (χ4v) is 3.64. The minimum absolute atomic E-state index is 0.0505. The maximum absolute atomic E-state index is 11.3. The van der Waals surface area contributed by atoms with Crippen LogP contribution in [0.25, 0.3) is 0 Å². The highest BCUT2D eigenvalue weighted by Gasteiger charge is 2.30. The van der Waals surface area contributed by atoms with Crippen molar-refractivity contribution in [1.82, 2.24) is 4.98 Å². The van der Waals surface area contributed by atoms with Gasteiger partial charge in [-0.05, 0) is 41.5 Å². The van der Waals surface area contributed by atoms with Gasteiger partial charge >= 0.3 is 0 Å². The van der Waals surface area contributed by atoms with Gasteiger partial charge in [0.15, 0.2) is 0 Å². The lowest BCUT2D eigenvalue weighted by atomic mass is 9.99. The largest absolute Gasteiger partial charge is 0.294 e. The molecule has 1 aromatic heterocycles. The fraction of sp³-hybridized carbons (Fsp3) is 0.100. The maximum atomic E-state index is 11.3. The van der Waals surface area contributed by atoms with E-state index in [-0.39, 0.29) is 10.9 Å². The highest BCUT2D eigenvalue weighted by atomic mass is 32.2. The number of anilines is 1. The molecule has 0 saturated heterocycles. The van der Waals surface area contributed by atoms with E-state index >= 15 is 0 Å². The van der Waals surface area contributed by atoms with Gasteiger partial charge in [-0.2, -0.15) is 13.5 Å². The van der Waals surface area contributed by atoms with E-state index in [1.807, 2.05) is 53.7 Å². The lowest BCUT2D eigenvalue weighted by molar-refractivity contribution is 0.483. The molecule has 1 aliphatic rings. The summed E-state index contributed by atoms with van der Waals surface area (Å²) in [5.41, 5.74) is 3.75. The lowest BCUT2D eigenvalue weighted by Gasteiger charge is -2.23. The Bertz CT molecular complexity index is 1070. The van der Waals surface area contributed by atoms with Gasteiger partial charge in [0, 0.05) is 18.8 Å². The van der Waals surface area contributed by atoms with Gasteiger partial charge in [0.2, 0.25) is 0 Å². The first kappa shape index (κ1) is 17.4. The quantitative estimate of drug-likeness (QED) is 0.699. The predicted molar refractivity (Wildman–Crippen MR) is 103 cm³/mol. The zero-order chi connectivity index (χ0) is 18.9.